The quantitative estimate of drug-likeness (QED) is 0.631. The van der Waals surface area contributed by atoms with Gasteiger partial charge in [-0.3, -0.25) is 4.79 Å². The molecular formula is C17H16N2O2. The highest BCUT2D eigenvalue weighted by molar-refractivity contribution is 5.95. The van der Waals surface area contributed by atoms with Crippen molar-refractivity contribution in [3.05, 3.63) is 58.4 Å². The molecule has 3 rings (SSSR count). The average Bonchev–Trinajstić information content (AvgIpc) is 2.49. The van der Waals surface area contributed by atoms with Gasteiger partial charge in [-0.2, -0.15) is 0 Å². The lowest BCUT2D eigenvalue weighted by Gasteiger charge is -2.11. The van der Waals surface area contributed by atoms with Crippen molar-refractivity contribution in [1.29, 1.82) is 0 Å². The second kappa shape index (κ2) is 4.98. The average molecular weight is 280 g/mol. The third kappa shape index (κ3) is 2.14. The molecule has 2 aromatic carbocycles. The van der Waals surface area contributed by atoms with Crippen molar-refractivity contribution in [2.75, 3.05) is 5.73 Å². The zero-order chi connectivity index (χ0) is 15.0. The van der Waals surface area contributed by atoms with E-state index in [0.717, 1.165) is 12.0 Å². The largest absolute Gasteiger partial charge is 0.506 e. The van der Waals surface area contributed by atoms with Crippen LogP contribution in [0.15, 0.2) is 47.3 Å². The third-order valence-electron chi connectivity index (χ3n) is 3.64. The van der Waals surface area contributed by atoms with Crippen molar-refractivity contribution < 1.29 is 5.11 Å². The van der Waals surface area contributed by atoms with Crippen LogP contribution in [0.2, 0.25) is 0 Å². The highest BCUT2D eigenvalue weighted by Gasteiger charge is 2.15. The van der Waals surface area contributed by atoms with Crippen molar-refractivity contribution in [2.24, 2.45) is 0 Å². The van der Waals surface area contributed by atoms with Crippen molar-refractivity contribution in [3.63, 3.8) is 0 Å². The maximum absolute atomic E-state index is 12.4. The number of rotatable bonds is 2. The SMILES string of the molecule is CCc1cc(N)cc2c(O)c(-c3ccccc3)c(=O)[nH]c12. The number of hydrogen-bond donors (Lipinski definition) is 3. The van der Waals surface area contributed by atoms with Gasteiger partial charge in [-0.15, -0.1) is 0 Å². The monoisotopic (exact) mass is 280 g/mol. The fraction of sp³-hybridized carbons (Fsp3) is 0.118. The molecule has 0 aliphatic rings. The summed E-state index contributed by atoms with van der Waals surface area (Å²) in [5.74, 6) is -0.0260. The molecule has 0 fully saturated rings. The molecule has 0 aliphatic carbocycles. The van der Waals surface area contributed by atoms with Crippen molar-refractivity contribution in [3.8, 4) is 16.9 Å². The fourth-order valence-electron chi connectivity index (χ4n) is 2.63. The number of aromatic hydroxyl groups is 1. The predicted octanol–water partition coefficient (Wildman–Crippen LogP) is 3.05. The Labute approximate surface area is 121 Å². The zero-order valence-electron chi connectivity index (χ0n) is 11.7. The molecule has 0 saturated carbocycles. The van der Waals surface area contributed by atoms with Gasteiger partial charge in [0.25, 0.3) is 5.56 Å². The van der Waals surface area contributed by atoms with Crippen LogP contribution in [-0.2, 0) is 6.42 Å². The van der Waals surface area contributed by atoms with E-state index in [1.165, 1.54) is 0 Å². The maximum Gasteiger partial charge on any atom is 0.260 e. The lowest BCUT2D eigenvalue weighted by atomic mass is 10.0. The van der Waals surface area contributed by atoms with E-state index in [1.807, 2.05) is 31.2 Å². The number of aromatic nitrogens is 1. The van der Waals surface area contributed by atoms with E-state index in [0.29, 0.717) is 22.2 Å². The summed E-state index contributed by atoms with van der Waals surface area (Å²) in [5, 5.41) is 11.1. The first-order valence-corrected chi connectivity index (χ1v) is 6.84. The Balaban J connectivity index is 2.42. The number of aromatic amines is 1. The second-order valence-corrected chi connectivity index (χ2v) is 5.00. The van der Waals surface area contributed by atoms with Gasteiger partial charge in [-0.1, -0.05) is 37.3 Å². The molecule has 1 aromatic heterocycles. The zero-order valence-corrected chi connectivity index (χ0v) is 11.7. The summed E-state index contributed by atoms with van der Waals surface area (Å²) in [6.07, 6.45) is 0.724. The number of benzene rings is 2. The summed E-state index contributed by atoms with van der Waals surface area (Å²) in [6.45, 7) is 1.98. The van der Waals surface area contributed by atoms with E-state index in [-0.39, 0.29) is 16.9 Å². The van der Waals surface area contributed by atoms with Crippen LogP contribution in [0.1, 0.15) is 12.5 Å². The van der Waals surface area contributed by atoms with Crippen molar-refractivity contribution >= 4 is 16.6 Å². The molecule has 0 amide bonds. The molecule has 0 aliphatic heterocycles. The van der Waals surface area contributed by atoms with Gasteiger partial charge in [-0.25, -0.2) is 0 Å². The first kappa shape index (κ1) is 13.2. The molecule has 0 atom stereocenters. The number of fused-ring (bicyclic) bond motifs is 1. The Kier molecular flexibility index (Phi) is 3.14. The smallest absolute Gasteiger partial charge is 0.260 e. The summed E-state index contributed by atoms with van der Waals surface area (Å²) >= 11 is 0. The normalized spacial score (nSPS) is 10.9. The van der Waals surface area contributed by atoms with Crippen LogP contribution in [-0.4, -0.2) is 10.1 Å². The van der Waals surface area contributed by atoms with Crippen LogP contribution in [0.5, 0.6) is 5.75 Å². The van der Waals surface area contributed by atoms with Crippen LogP contribution in [0.25, 0.3) is 22.0 Å². The van der Waals surface area contributed by atoms with Gasteiger partial charge in [0.2, 0.25) is 0 Å². The van der Waals surface area contributed by atoms with E-state index in [9.17, 15) is 9.90 Å². The van der Waals surface area contributed by atoms with Gasteiger partial charge in [-0.05, 0) is 29.7 Å². The lowest BCUT2D eigenvalue weighted by Crippen LogP contribution is -2.10. The standard InChI is InChI=1S/C17H16N2O2/c1-2-10-8-12(18)9-13-15(10)19-17(21)14(16(13)20)11-6-4-3-5-7-11/h3-9H,2,18H2,1H3,(H2,19,20,21). The van der Waals surface area contributed by atoms with E-state index in [2.05, 4.69) is 4.98 Å². The Morgan fingerprint density at radius 1 is 1.19 bits per heavy atom. The minimum atomic E-state index is -0.300. The molecule has 0 saturated heterocycles. The highest BCUT2D eigenvalue weighted by atomic mass is 16.3. The van der Waals surface area contributed by atoms with Gasteiger partial charge >= 0.3 is 0 Å². The van der Waals surface area contributed by atoms with Crippen LogP contribution in [0, 0.1) is 0 Å². The maximum atomic E-state index is 12.4. The lowest BCUT2D eigenvalue weighted by molar-refractivity contribution is 0.482. The van der Waals surface area contributed by atoms with Crippen molar-refractivity contribution in [1.82, 2.24) is 4.98 Å². The van der Waals surface area contributed by atoms with Crippen LogP contribution in [0.4, 0.5) is 5.69 Å². The van der Waals surface area contributed by atoms with Gasteiger partial charge in [0, 0.05) is 11.1 Å². The van der Waals surface area contributed by atoms with E-state index >= 15 is 0 Å². The number of nitrogens with two attached hydrogens (primary N) is 1. The summed E-state index contributed by atoms with van der Waals surface area (Å²) < 4.78 is 0. The number of aryl methyl sites for hydroxylation is 1. The molecule has 4 nitrogen and oxygen atoms in total. The highest BCUT2D eigenvalue weighted by Crippen LogP contribution is 2.34. The summed E-state index contributed by atoms with van der Waals surface area (Å²) in [6, 6.07) is 12.6. The molecule has 4 heteroatoms. The number of nitrogens with one attached hydrogen (secondary N) is 1. The second-order valence-electron chi connectivity index (χ2n) is 5.00. The number of anilines is 1. The summed E-state index contributed by atoms with van der Waals surface area (Å²) in [7, 11) is 0. The molecule has 3 aromatic rings. The summed E-state index contributed by atoms with van der Waals surface area (Å²) in [4.78, 5) is 15.2. The van der Waals surface area contributed by atoms with Crippen LogP contribution in [0.3, 0.4) is 0 Å². The number of pyridine rings is 1. The first-order chi connectivity index (χ1) is 10.1. The molecule has 4 N–H and O–H groups in total. The van der Waals surface area contributed by atoms with Crippen molar-refractivity contribution in [2.45, 2.75) is 13.3 Å². The summed E-state index contributed by atoms with van der Waals surface area (Å²) in [5.41, 5.74) is 8.68. The van der Waals surface area contributed by atoms with Gasteiger partial charge in [0.1, 0.15) is 5.75 Å². The number of H-pyrrole nitrogens is 1. The van der Waals surface area contributed by atoms with Crippen LogP contribution >= 0.6 is 0 Å². The topological polar surface area (TPSA) is 79.1 Å². The molecule has 106 valence electrons. The Bertz CT molecular complexity index is 867. The van der Waals surface area contributed by atoms with E-state index in [1.54, 1.807) is 18.2 Å². The Morgan fingerprint density at radius 3 is 2.57 bits per heavy atom. The minimum absolute atomic E-state index is 0.0260. The predicted molar refractivity (Wildman–Crippen MR) is 85.5 cm³/mol. The van der Waals surface area contributed by atoms with E-state index < -0.39 is 0 Å². The number of hydrogen-bond acceptors (Lipinski definition) is 3. The fourth-order valence-corrected chi connectivity index (χ4v) is 2.63. The van der Waals surface area contributed by atoms with Crippen LogP contribution < -0.4 is 11.3 Å². The molecule has 0 spiro atoms. The Hall–Kier alpha value is -2.75. The molecule has 0 radical (unpaired) electrons. The van der Waals surface area contributed by atoms with E-state index in [4.69, 9.17) is 5.73 Å². The number of nitrogen functional groups attached to an aromatic ring is 1. The van der Waals surface area contributed by atoms with Gasteiger partial charge in [0.15, 0.2) is 0 Å². The first-order valence-electron chi connectivity index (χ1n) is 6.84. The molecule has 0 bridgehead atoms. The minimum Gasteiger partial charge on any atom is -0.506 e. The third-order valence-corrected chi connectivity index (χ3v) is 3.64. The molecule has 21 heavy (non-hydrogen) atoms. The molecular weight excluding hydrogens is 264 g/mol. The molecule has 0 unspecified atom stereocenters. The van der Waals surface area contributed by atoms with Gasteiger partial charge < -0.3 is 15.8 Å². The van der Waals surface area contributed by atoms with Gasteiger partial charge in [0.05, 0.1) is 11.1 Å². The Morgan fingerprint density at radius 2 is 1.90 bits per heavy atom. The molecule has 1 heterocycles.